The van der Waals surface area contributed by atoms with E-state index >= 15 is 0 Å². The minimum atomic E-state index is -0.941. The van der Waals surface area contributed by atoms with Gasteiger partial charge in [-0.15, -0.1) is 0 Å². The van der Waals surface area contributed by atoms with E-state index in [-0.39, 0.29) is 0 Å². The molecule has 0 saturated carbocycles. The molecule has 1 aromatic rings. The summed E-state index contributed by atoms with van der Waals surface area (Å²) < 4.78 is 1.00. The monoisotopic (exact) mass is 252 g/mol. The molecule has 0 atom stereocenters. The fourth-order valence-electron chi connectivity index (χ4n) is 0.915. The van der Waals surface area contributed by atoms with Crippen LogP contribution in [-0.2, 0) is 4.79 Å². The van der Waals surface area contributed by atoms with Gasteiger partial charge in [0, 0.05) is 10.5 Å². The van der Waals surface area contributed by atoms with Crippen LogP contribution in [0.15, 0.2) is 47.0 Å². The van der Waals surface area contributed by atoms with Gasteiger partial charge in [0.25, 0.3) is 0 Å². The van der Waals surface area contributed by atoms with Gasteiger partial charge in [-0.25, -0.2) is 4.79 Å². The van der Waals surface area contributed by atoms with Crippen LogP contribution in [0.25, 0.3) is 6.08 Å². The fraction of sp³-hybridized carbons (Fsp3) is 0. The zero-order valence-corrected chi connectivity index (χ0v) is 8.94. The molecule has 0 spiro atoms. The van der Waals surface area contributed by atoms with Gasteiger partial charge in [-0.3, -0.25) is 0 Å². The topological polar surface area (TPSA) is 37.3 Å². The minimum Gasteiger partial charge on any atom is -0.478 e. The SMILES string of the molecule is O=C(O)/C=C\C=C\c1cccc(Br)c1. The van der Waals surface area contributed by atoms with Crippen LogP contribution in [0.1, 0.15) is 5.56 Å². The smallest absolute Gasteiger partial charge is 0.328 e. The average Bonchev–Trinajstić information content (AvgIpc) is 2.12. The molecule has 0 fully saturated rings. The van der Waals surface area contributed by atoms with Crippen molar-refractivity contribution in [1.82, 2.24) is 0 Å². The molecular weight excluding hydrogens is 244 g/mol. The molecule has 72 valence electrons. The van der Waals surface area contributed by atoms with Crippen molar-refractivity contribution in [2.24, 2.45) is 0 Å². The van der Waals surface area contributed by atoms with E-state index in [0.717, 1.165) is 16.1 Å². The summed E-state index contributed by atoms with van der Waals surface area (Å²) >= 11 is 3.35. The number of rotatable bonds is 3. The molecule has 0 bridgehead atoms. The number of hydrogen-bond acceptors (Lipinski definition) is 1. The predicted octanol–water partition coefficient (Wildman–Crippen LogP) is 3.10. The van der Waals surface area contributed by atoms with Crippen molar-refractivity contribution in [3.05, 3.63) is 52.5 Å². The summed E-state index contributed by atoms with van der Waals surface area (Å²) in [7, 11) is 0. The third-order valence-corrected chi connectivity index (χ3v) is 1.98. The molecule has 1 N–H and O–H groups in total. The molecule has 1 aromatic carbocycles. The second-order valence-corrected chi connectivity index (χ2v) is 3.53. The molecule has 0 radical (unpaired) electrons. The van der Waals surface area contributed by atoms with E-state index in [2.05, 4.69) is 15.9 Å². The van der Waals surface area contributed by atoms with Crippen molar-refractivity contribution in [2.75, 3.05) is 0 Å². The predicted molar refractivity (Wildman–Crippen MR) is 60.0 cm³/mol. The Hall–Kier alpha value is -1.35. The van der Waals surface area contributed by atoms with Gasteiger partial charge in [-0.2, -0.15) is 0 Å². The van der Waals surface area contributed by atoms with E-state index in [4.69, 9.17) is 5.11 Å². The first-order valence-corrected chi connectivity index (χ1v) is 4.81. The Balaban J connectivity index is 2.64. The van der Waals surface area contributed by atoms with E-state index in [0.29, 0.717) is 0 Å². The van der Waals surface area contributed by atoms with Gasteiger partial charge in [0.15, 0.2) is 0 Å². The summed E-state index contributed by atoms with van der Waals surface area (Å²) in [6, 6.07) is 7.75. The highest BCUT2D eigenvalue weighted by Gasteiger charge is 1.87. The summed E-state index contributed by atoms with van der Waals surface area (Å²) in [5.74, 6) is -0.941. The molecular formula is C11H9BrO2. The van der Waals surface area contributed by atoms with E-state index in [1.165, 1.54) is 6.08 Å². The first-order valence-electron chi connectivity index (χ1n) is 4.02. The number of hydrogen-bond donors (Lipinski definition) is 1. The first kappa shape index (κ1) is 10.7. The number of carbonyl (C=O) groups is 1. The lowest BCUT2D eigenvalue weighted by Crippen LogP contribution is -1.84. The summed E-state index contributed by atoms with van der Waals surface area (Å²) in [6.07, 6.45) is 6.11. The van der Waals surface area contributed by atoms with Crippen molar-refractivity contribution in [3.63, 3.8) is 0 Å². The van der Waals surface area contributed by atoms with Crippen LogP contribution in [0.4, 0.5) is 0 Å². The zero-order valence-electron chi connectivity index (χ0n) is 7.35. The Morgan fingerprint density at radius 2 is 2.14 bits per heavy atom. The Morgan fingerprint density at radius 1 is 1.36 bits per heavy atom. The third-order valence-electron chi connectivity index (χ3n) is 1.49. The molecule has 0 unspecified atom stereocenters. The number of carboxylic acids is 1. The lowest BCUT2D eigenvalue weighted by Gasteiger charge is -1.92. The summed E-state index contributed by atoms with van der Waals surface area (Å²) in [5.41, 5.74) is 1.02. The number of benzene rings is 1. The van der Waals surface area contributed by atoms with E-state index in [1.54, 1.807) is 6.08 Å². The lowest BCUT2D eigenvalue weighted by molar-refractivity contribution is -0.131. The highest BCUT2D eigenvalue weighted by molar-refractivity contribution is 9.10. The molecule has 0 saturated heterocycles. The minimum absolute atomic E-state index is 0.941. The van der Waals surface area contributed by atoms with Gasteiger partial charge in [0.05, 0.1) is 0 Å². The maximum Gasteiger partial charge on any atom is 0.328 e. The molecule has 14 heavy (non-hydrogen) atoms. The molecule has 0 aliphatic rings. The van der Waals surface area contributed by atoms with Crippen LogP contribution >= 0.6 is 15.9 Å². The number of carboxylic acid groups (broad SMARTS) is 1. The number of halogens is 1. The van der Waals surface area contributed by atoms with Crippen LogP contribution in [0, 0.1) is 0 Å². The molecule has 2 nitrogen and oxygen atoms in total. The zero-order chi connectivity index (χ0) is 10.4. The molecule has 1 rings (SSSR count). The van der Waals surface area contributed by atoms with Gasteiger partial charge in [-0.1, -0.05) is 46.3 Å². The largest absolute Gasteiger partial charge is 0.478 e. The van der Waals surface area contributed by atoms with Crippen LogP contribution in [0.5, 0.6) is 0 Å². The molecule has 0 aliphatic heterocycles. The van der Waals surface area contributed by atoms with Gasteiger partial charge in [0.2, 0.25) is 0 Å². The van der Waals surface area contributed by atoms with Crippen molar-refractivity contribution in [2.45, 2.75) is 0 Å². The van der Waals surface area contributed by atoms with Crippen LogP contribution in [-0.4, -0.2) is 11.1 Å². The quantitative estimate of drug-likeness (QED) is 0.663. The average molecular weight is 253 g/mol. The van der Waals surface area contributed by atoms with Gasteiger partial charge >= 0.3 is 5.97 Å². The molecule has 3 heteroatoms. The standard InChI is InChI=1S/C11H9BrO2/c12-10-6-3-5-9(8-10)4-1-2-7-11(13)14/h1-8H,(H,13,14)/b4-1+,7-2-. The Labute approximate surface area is 90.7 Å². The Kier molecular flexibility index (Phi) is 4.13. The summed E-state index contributed by atoms with van der Waals surface area (Å²) in [4.78, 5) is 10.1. The second kappa shape index (κ2) is 5.40. The lowest BCUT2D eigenvalue weighted by atomic mass is 10.2. The van der Waals surface area contributed by atoms with E-state index in [1.807, 2.05) is 30.3 Å². The summed E-state index contributed by atoms with van der Waals surface area (Å²) in [6.45, 7) is 0. The highest BCUT2D eigenvalue weighted by Crippen LogP contribution is 2.12. The molecule has 0 aromatic heterocycles. The van der Waals surface area contributed by atoms with Crippen LogP contribution in [0.3, 0.4) is 0 Å². The molecule has 0 amide bonds. The normalized spacial score (nSPS) is 11.2. The molecule has 0 aliphatic carbocycles. The van der Waals surface area contributed by atoms with Gasteiger partial charge in [-0.05, 0) is 17.7 Å². The van der Waals surface area contributed by atoms with Crippen molar-refractivity contribution < 1.29 is 9.90 Å². The second-order valence-electron chi connectivity index (χ2n) is 2.61. The Morgan fingerprint density at radius 3 is 2.79 bits per heavy atom. The van der Waals surface area contributed by atoms with Crippen molar-refractivity contribution >= 4 is 28.0 Å². The number of aliphatic carboxylic acids is 1. The van der Waals surface area contributed by atoms with Crippen molar-refractivity contribution in [1.29, 1.82) is 0 Å². The fourth-order valence-corrected chi connectivity index (χ4v) is 1.33. The third kappa shape index (κ3) is 4.05. The van der Waals surface area contributed by atoms with E-state index in [9.17, 15) is 4.79 Å². The highest BCUT2D eigenvalue weighted by atomic mass is 79.9. The maximum atomic E-state index is 10.1. The van der Waals surface area contributed by atoms with Gasteiger partial charge in [0.1, 0.15) is 0 Å². The summed E-state index contributed by atoms with van der Waals surface area (Å²) in [5, 5.41) is 8.33. The Bertz CT molecular complexity index is 381. The van der Waals surface area contributed by atoms with Crippen LogP contribution in [0.2, 0.25) is 0 Å². The van der Waals surface area contributed by atoms with Gasteiger partial charge < -0.3 is 5.11 Å². The van der Waals surface area contributed by atoms with E-state index < -0.39 is 5.97 Å². The molecule has 0 heterocycles. The number of allylic oxidation sites excluding steroid dienone is 2. The first-order chi connectivity index (χ1) is 6.68. The van der Waals surface area contributed by atoms with Crippen molar-refractivity contribution in [3.8, 4) is 0 Å². The van der Waals surface area contributed by atoms with Crippen LogP contribution < -0.4 is 0 Å². The maximum absolute atomic E-state index is 10.1.